The molecule has 4 N–H and O–H groups in total. The van der Waals surface area contributed by atoms with Crippen LogP contribution in [0.1, 0.15) is 18.5 Å². The summed E-state index contributed by atoms with van der Waals surface area (Å²) >= 11 is 5.76. The Balaban J connectivity index is 2.48. The van der Waals surface area contributed by atoms with Crippen molar-refractivity contribution >= 4 is 17.3 Å². The Morgan fingerprint density at radius 3 is 2.66 bits per heavy atom. The average Bonchev–Trinajstić information content (AvgIpc) is 2.70. The van der Waals surface area contributed by atoms with E-state index in [1.807, 2.05) is 38.2 Å². The van der Waals surface area contributed by atoms with Crippen LogP contribution in [0, 0.1) is 5.82 Å². The third-order valence-corrected chi connectivity index (χ3v) is 3.94. The summed E-state index contributed by atoms with van der Waals surface area (Å²) in [5, 5.41) is 6.34. The summed E-state index contributed by atoms with van der Waals surface area (Å²) in [7, 11) is 3.96. The lowest BCUT2D eigenvalue weighted by atomic mass is 10.1. The minimum atomic E-state index is -0.235. The molecule has 1 aromatic carbocycles. The summed E-state index contributed by atoms with van der Waals surface area (Å²) in [6.07, 6.45) is 7.21. The van der Waals surface area contributed by atoms with Gasteiger partial charge in [-0.1, -0.05) is 24.8 Å². The fourth-order valence-electron chi connectivity index (χ4n) is 2.26. The van der Waals surface area contributed by atoms with Crippen LogP contribution in [0.3, 0.4) is 0 Å². The van der Waals surface area contributed by atoms with E-state index in [1.165, 1.54) is 12.1 Å². The molecule has 8 heteroatoms. The van der Waals surface area contributed by atoms with Crippen molar-refractivity contribution in [1.29, 1.82) is 0 Å². The molecule has 0 aromatic heterocycles. The molecule has 0 amide bonds. The number of hydrogen-bond acceptors (Lipinski definition) is 6. The molecule has 0 fully saturated rings. The number of nitrogens with one attached hydrogen (secondary N) is 4. The first-order valence-corrected chi connectivity index (χ1v) is 9.99. The first kappa shape index (κ1) is 24.8. The topological polar surface area (TPSA) is 63.7 Å². The largest absolute Gasteiger partial charge is 0.369 e. The predicted molar refractivity (Wildman–Crippen MR) is 121 cm³/mol. The molecule has 0 bridgehead atoms. The second-order valence-corrected chi connectivity index (χ2v) is 6.94. The first-order valence-electron chi connectivity index (χ1n) is 9.45. The molecule has 6 nitrogen and oxygen atoms in total. The van der Waals surface area contributed by atoms with E-state index in [2.05, 4.69) is 33.1 Å². The van der Waals surface area contributed by atoms with E-state index >= 15 is 0 Å². The van der Waals surface area contributed by atoms with Crippen molar-refractivity contribution < 1.29 is 4.39 Å². The molecule has 0 heterocycles. The van der Waals surface area contributed by atoms with Gasteiger partial charge in [-0.3, -0.25) is 15.8 Å². The molecular weight excluding hydrogens is 391 g/mol. The van der Waals surface area contributed by atoms with Crippen LogP contribution >= 0.6 is 11.6 Å². The van der Waals surface area contributed by atoms with Crippen molar-refractivity contribution in [2.45, 2.75) is 13.0 Å². The highest BCUT2D eigenvalue weighted by Crippen LogP contribution is 2.11. The van der Waals surface area contributed by atoms with Gasteiger partial charge in [0, 0.05) is 31.6 Å². The van der Waals surface area contributed by atoms with Crippen molar-refractivity contribution in [3.05, 3.63) is 72.6 Å². The van der Waals surface area contributed by atoms with E-state index in [4.69, 9.17) is 11.6 Å². The summed E-state index contributed by atoms with van der Waals surface area (Å²) in [5.74, 6) is 0.999. The van der Waals surface area contributed by atoms with Crippen LogP contribution in [0.5, 0.6) is 0 Å². The normalized spacial score (nSPS) is 13.7. The molecule has 0 radical (unpaired) electrons. The van der Waals surface area contributed by atoms with E-state index in [0.29, 0.717) is 25.5 Å². The van der Waals surface area contributed by atoms with Gasteiger partial charge in [-0.05, 0) is 51.0 Å². The van der Waals surface area contributed by atoms with Crippen LogP contribution in [0.25, 0.3) is 0 Å². The number of halogens is 2. The maximum Gasteiger partial charge on any atom is 0.123 e. The van der Waals surface area contributed by atoms with Gasteiger partial charge in [-0.15, -0.1) is 11.6 Å². The maximum absolute atomic E-state index is 13.0. The van der Waals surface area contributed by atoms with Gasteiger partial charge < -0.3 is 15.5 Å². The third kappa shape index (κ3) is 11.4. The molecule has 160 valence electrons. The zero-order valence-corrected chi connectivity index (χ0v) is 18.1. The van der Waals surface area contributed by atoms with Gasteiger partial charge in [0.25, 0.3) is 0 Å². The molecule has 1 aromatic rings. The smallest absolute Gasteiger partial charge is 0.123 e. The zero-order valence-electron chi connectivity index (χ0n) is 17.4. The Morgan fingerprint density at radius 1 is 1.31 bits per heavy atom. The van der Waals surface area contributed by atoms with E-state index in [9.17, 15) is 4.39 Å². The molecule has 0 saturated heterocycles. The Bertz CT molecular complexity index is 685. The molecule has 0 aliphatic heterocycles. The van der Waals surface area contributed by atoms with Crippen LogP contribution in [-0.2, 0) is 0 Å². The van der Waals surface area contributed by atoms with Crippen molar-refractivity contribution in [2.75, 3.05) is 39.6 Å². The van der Waals surface area contributed by atoms with Gasteiger partial charge >= 0.3 is 0 Å². The fraction of sp³-hybridized carbons (Fsp3) is 0.381. The van der Waals surface area contributed by atoms with Crippen LogP contribution in [-0.4, -0.2) is 50.2 Å². The standard InChI is InChI=1S/C21H32ClFN6/c1-5-20(16-29(3)4)26-15-21(25-14-11-22)24-12-6-13-27-28-17(2)18-7-9-19(23)10-8-18/h5-10,12,15,17,24-25,27-28H,1,11,13-14,16H2,2-4H3/b12-6+,21-15+,26-20?/t17-/m0/s1. The highest BCUT2D eigenvalue weighted by Gasteiger charge is 2.03. The lowest BCUT2D eigenvalue weighted by Gasteiger charge is -2.14. The van der Waals surface area contributed by atoms with E-state index in [0.717, 1.165) is 17.1 Å². The predicted octanol–water partition coefficient (Wildman–Crippen LogP) is 2.90. The molecular formula is C21H32ClFN6. The van der Waals surface area contributed by atoms with Crippen LogP contribution in [0.4, 0.5) is 4.39 Å². The number of benzene rings is 1. The van der Waals surface area contributed by atoms with Crippen LogP contribution in [0.15, 0.2) is 66.2 Å². The SMILES string of the molecule is C=CC(CN(C)C)=N/C=C(\N/C=C/CNN[C@@H](C)c1ccc(F)cc1)NCCCl. The monoisotopic (exact) mass is 422 g/mol. The Kier molecular flexibility index (Phi) is 12.6. The zero-order chi connectivity index (χ0) is 21.5. The molecule has 1 rings (SSSR count). The van der Waals surface area contributed by atoms with Crippen molar-refractivity contribution in [3.8, 4) is 0 Å². The number of nitrogens with zero attached hydrogens (tertiary/aromatic N) is 2. The maximum atomic E-state index is 13.0. The van der Waals surface area contributed by atoms with Gasteiger partial charge in [0.05, 0.1) is 11.9 Å². The number of aliphatic imine (C=N–C) groups is 1. The summed E-state index contributed by atoms with van der Waals surface area (Å²) in [4.78, 5) is 6.48. The lowest BCUT2D eigenvalue weighted by molar-refractivity contribution is 0.470. The highest BCUT2D eigenvalue weighted by molar-refractivity contribution is 6.18. The minimum absolute atomic E-state index is 0.0566. The van der Waals surface area contributed by atoms with Crippen molar-refractivity contribution in [3.63, 3.8) is 0 Å². The molecule has 0 saturated carbocycles. The second-order valence-electron chi connectivity index (χ2n) is 6.57. The summed E-state index contributed by atoms with van der Waals surface area (Å²) < 4.78 is 13.0. The molecule has 0 unspecified atom stereocenters. The van der Waals surface area contributed by atoms with Gasteiger partial charge in [-0.25, -0.2) is 4.39 Å². The van der Waals surface area contributed by atoms with Crippen molar-refractivity contribution in [1.82, 2.24) is 26.4 Å². The first-order chi connectivity index (χ1) is 14.0. The molecule has 0 spiro atoms. The van der Waals surface area contributed by atoms with E-state index in [-0.39, 0.29) is 11.9 Å². The van der Waals surface area contributed by atoms with Crippen LogP contribution < -0.4 is 21.5 Å². The van der Waals surface area contributed by atoms with E-state index in [1.54, 1.807) is 24.4 Å². The quantitative estimate of drug-likeness (QED) is 0.161. The number of rotatable bonds is 14. The molecule has 0 aliphatic rings. The number of hydrogen-bond donors (Lipinski definition) is 4. The number of alkyl halides is 1. The second kappa shape index (κ2) is 14.8. The van der Waals surface area contributed by atoms with Gasteiger partial charge in [0.15, 0.2) is 0 Å². The van der Waals surface area contributed by atoms with Gasteiger partial charge in [0.2, 0.25) is 0 Å². The number of hydrazine groups is 1. The van der Waals surface area contributed by atoms with Gasteiger partial charge in [0.1, 0.15) is 11.6 Å². The third-order valence-electron chi connectivity index (χ3n) is 3.75. The van der Waals surface area contributed by atoms with E-state index < -0.39 is 0 Å². The lowest BCUT2D eigenvalue weighted by Crippen LogP contribution is -2.34. The Hall–Kier alpha value is -2.19. The van der Waals surface area contributed by atoms with Gasteiger partial charge in [-0.2, -0.15) is 0 Å². The summed E-state index contributed by atoms with van der Waals surface area (Å²) in [6.45, 7) is 7.73. The average molecular weight is 423 g/mol. The Morgan fingerprint density at radius 2 is 2.03 bits per heavy atom. The highest BCUT2D eigenvalue weighted by atomic mass is 35.5. The summed E-state index contributed by atoms with van der Waals surface area (Å²) in [6, 6.07) is 6.50. The fourth-order valence-corrected chi connectivity index (χ4v) is 2.35. The molecule has 29 heavy (non-hydrogen) atoms. The molecule has 1 atom stereocenters. The molecule has 0 aliphatic carbocycles. The minimum Gasteiger partial charge on any atom is -0.369 e. The Labute approximate surface area is 178 Å². The summed E-state index contributed by atoms with van der Waals surface area (Å²) in [5.41, 5.74) is 8.16. The van der Waals surface area contributed by atoms with Crippen molar-refractivity contribution in [2.24, 2.45) is 4.99 Å². The van der Waals surface area contributed by atoms with Crippen LogP contribution in [0.2, 0.25) is 0 Å².